The van der Waals surface area contributed by atoms with Crippen molar-refractivity contribution in [1.82, 2.24) is 19.9 Å². The predicted molar refractivity (Wildman–Crippen MR) is 81.0 cm³/mol. The second-order valence-electron chi connectivity index (χ2n) is 5.29. The second-order valence-corrected chi connectivity index (χ2v) is 5.29. The Labute approximate surface area is 131 Å². The van der Waals surface area contributed by atoms with Crippen molar-refractivity contribution >= 4 is 11.8 Å². The Morgan fingerprint density at radius 2 is 1.83 bits per heavy atom. The molecule has 122 valence electrons. The first-order chi connectivity index (χ1) is 11.0. The van der Waals surface area contributed by atoms with E-state index < -0.39 is 6.43 Å². The van der Waals surface area contributed by atoms with Gasteiger partial charge in [-0.3, -0.25) is 9.78 Å². The van der Waals surface area contributed by atoms with Crippen molar-refractivity contribution in [3.63, 3.8) is 0 Å². The van der Waals surface area contributed by atoms with E-state index in [0.717, 1.165) is 6.33 Å². The maximum absolute atomic E-state index is 12.7. The van der Waals surface area contributed by atoms with Crippen LogP contribution in [0, 0.1) is 6.92 Å². The molecular formula is C14H16F2N6O. The summed E-state index contributed by atoms with van der Waals surface area (Å²) in [7, 11) is 0. The van der Waals surface area contributed by atoms with Gasteiger partial charge < -0.3 is 9.80 Å². The van der Waals surface area contributed by atoms with Crippen LogP contribution >= 0.6 is 0 Å². The van der Waals surface area contributed by atoms with E-state index >= 15 is 0 Å². The number of nitrogens with zero attached hydrogens (tertiary/aromatic N) is 5. The Morgan fingerprint density at radius 3 is 2.48 bits per heavy atom. The number of aromatic amines is 1. The topological polar surface area (TPSA) is 78.0 Å². The Morgan fingerprint density at radius 1 is 1.13 bits per heavy atom. The van der Waals surface area contributed by atoms with Gasteiger partial charge in [-0.2, -0.15) is 0 Å². The summed E-state index contributed by atoms with van der Waals surface area (Å²) in [5, 5.41) is 0. The van der Waals surface area contributed by atoms with Gasteiger partial charge in [0.2, 0.25) is 5.95 Å². The number of anilines is 2. The molecule has 0 amide bonds. The molecule has 0 radical (unpaired) electrons. The highest BCUT2D eigenvalue weighted by molar-refractivity contribution is 5.42. The lowest BCUT2D eigenvalue weighted by Gasteiger charge is -2.35. The molecule has 0 unspecified atom stereocenters. The summed E-state index contributed by atoms with van der Waals surface area (Å²) >= 11 is 0. The van der Waals surface area contributed by atoms with E-state index in [9.17, 15) is 13.6 Å². The standard InChI is InChI=1S/C14H16F2N6O/c1-9-6-12(23)20-14(19-9)22-4-2-21(3-5-22)11-7-10(13(15)16)17-8-18-11/h6-8,13H,2-5H2,1H3,(H,19,20,23). The first-order valence-electron chi connectivity index (χ1n) is 7.21. The molecule has 2 aromatic heterocycles. The van der Waals surface area contributed by atoms with Gasteiger partial charge in [0.25, 0.3) is 12.0 Å². The molecule has 3 heterocycles. The van der Waals surface area contributed by atoms with Gasteiger partial charge in [0.1, 0.15) is 17.8 Å². The van der Waals surface area contributed by atoms with Gasteiger partial charge in [-0.1, -0.05) is 0 Å². The highest BCUT2D eigenvalue weighted by Gasteiger charge is 2.21. The number of nitrogens with one attached hydrogen (secondary N) is 1. The van der Waals surface area contributed by atoms with E-state index in [4.69, 9.17) is 0 Å². The van der Waals surface area contributed by atoms with Crippen LogP contribution in [0.5, 0.6) is 0 Å². The molecule has 1 aliphatic rings. The van der Waals surface area contributed by atoms with E-state index in [0.29, 0.717) is 43.6 Å². The van der Waals surface area contributed by atoms with E-state index in [-0.39, 0.29) is 11.3 Å². The van der Waals surface area contributed by atoms with Crippen LogP contribution in [-0.2, 0) is 0 Å². The van der Waals surface area contributed by atoms with Crippen LogP contribution in [-0.4, -0.2) is 46.1 Å². The highest BCUT2D eigenvalue weighted by atomic mass is 19.3. The van der Waals surface area contributed by atoms with Gasteiger partial charge in [0, 0.05) is 44.0 Å². The molecule has 0 aromatic carbocycles. The summed E-state index contributed by atoms with van der Waals surface area (Å²) in [4.78, 5) is 30.1. The lowest BCUT2D eigenvalue weighted by atomic mass is 10.3. The monoisotopic (exact) mass is 322 g/mol. The molecule has 23 heavy (non-hydrogen) atoms. The van der Waals surface area contributed by atoms with Crippen LogP contribution in [0.4, 0.5) is 20.5 Å². The van der Waals surface area contributed by atoms with Gasteiger partial charge in [0.15, 0.2) is 0 Å². The molecule has 1 aliphatic heterocycles. The normalized spacial score (nSPS) is 15.3. The third-order valence-corrected chi connectivity index (χ3v) is 3.66. The lowest BCUT2D eigenvalue weighted by molar-refractivity contribution is 0.146. The lowest BCUT2D eigenvalue weighted by Crippen LogP contribution is -2.47. The minimum Gasteiger partial charge on any atom is -0.353 e. The molecule has 2 aromatic rings. The zero-order chi connectivity index (χ0) is 16.4. The van der Waals surface area contributed by atoms with Gasteiger partial charge in [-0.25, -0.2) is 23.7 Å². The van der Waals surface area contributed by atoms with Crippen LogP contribution in [0.1, 0.15) is 17.8 Å². The minimum absolute atomic E-state index is 0.188. The van der Waals surface area contributed by atoms with Crippen LogP contribution in [0.3, 0.4) is 0 Å². The van der Waals surface area contributed by atoms with Crippen LogP contribution < -0.4 is 15.4 Å². The van der Waals surface area contributed by atoms with E-state index in [2.05, 4.69) is 19.9 Å². The van der Waals surface area contributed by atoms with Crippen molar-refractivity contribution < 1.29 is 8.78 Å². The number of hydrogen-bond donors (Lipinski definition) is 1. The van der Waals surface area contributed by atoms with E-state index in [1.807, 2.05) is 9.80 Å². The molecule has 7 nitrogen and oxygen atoms in total. The Bertz CT molecular complexity index is 742. The Hall–Kier alpha value is -2.58. The van der Waals surface area contributed by atoms with Crippen molar-refractivity contribution in [2.24, 2.45) is 0 Å². The summed E-state index contributed by atoms with van der Waals surface area (Å²) in [5.41, 5.74) is 0.193. The summed E-state index contributed by atoms with van der Waals surface area (Å²) in [5.74, 6) is 1.02. The van der Waals surface area contributed by atoms with E-state index in [1.54, 1.807) is 6.92 Å². The number of aromatic nitrogens is 4. The number of alkyl halides is 2. The van der Waals surface area contributed by atoms with Gasteiger partial charge in [0.05, 0.1) is 0 Å². The zero-order valence-electron chi connectivity index (χ0n) is 12.5. The molecule has 0 saturated carbocycles. The number of H-pyrrole nitrogens is 1. The fourth-order valence-corrected chi connectivity index (χ4v) is 2.51. The van der Waals surface area contributed by atoms with Gasteiger partial charge >= 0.3 is 0 Å². The zero-order valence-corrected chi connectivity index (χ0v) is 12.5. The fraction of sp³-hybridized carbons (Fsp3) is 0.429. The molecular weight excluding hydrogens is 306 g/mol. The maximum atomic E-state index is 12.7. The molecule has 0 spiro atoms. The van der Waals surface area contributed by atoms with E-state index in [1.165, 1.54) is 12.1 Å². The molecule has 3 rings (SSSR count). The summed E-state index contributed by atoms with van der Waals surface area (Å²) in [6, 6.07) is 2.75. The quantitative estimate of drug-likeness (QED) is 0.913. The molecule has 0 atom stereocenters. The summed E-state index contributed by atoms with van der Waals surface area (Å²) in [6.07, 6.45) is -1.46. The predicted octanol–water partition coefficient (Wildman–Crippen LogP) is 1.13. The Balaban J connectivity index is 1.71. The van der Waals surface area contributed by atoms with Gasteiger partial charge in [-0.15, -0.1) is 0 Å². The van der Waals surface area contributed by atoms with Crippen molar-refractivity contribution in [3.8, 4) is 0 Å². The third-order valence-electron chi connectivity index (χ3n) is 3.66. The number of hydrogen-bond acceptors (Lipinski definition) is 6. The highest BCUT2D eigenvalue weighted by Crippen LogP contribution is 2.21. The summed E-state index contributed by atoms with van der Waals surface area (Å²) in [6.45, 7) is 4.18. The minimum atomic E-state index is -2.61. The average molecular weight is 322 g/mol. The number of rotatable bonds is 3. The van der Waals surface area contributed by atoms with Crippen molar-refractivity contribution in [2.75, 3.05) is 36.0 Å². The fourth-order valence-electron chi connectivity index (χ4n) is 2.51. The largest absolute Gasteiger partial charge is 0.353 e. The van der Waals surface area contributed by atoms with Gasteiger partial charge in [-0.05, 0) is 6.92 Å². The maximum Gasteiger partial charge on any atom is 0.280 e. The van der Waals surface area contributed by atoms with Crippen molar-refractivity contribution in [1.29, 1.82) is 0 Å². The molecule has 0 aliphatic carbocycles. The van der Waals surface area contributed by atoms with Crippen LogP contribution in [0.2, 0.25) is 0 Å². The van der Waals surface area contributed by atoms with Crippen LogP contribution in [0.15, 0.2) is 23.3 Å². The molecule has 1 N–H and O–H groups in total. The number of piperazine rings is 1. The Kier molecular flexibility index (Phi) is 4.18. The van der Waals surface area contributed by atoms with Crippen molar-refractivity contribution in [3.05, 3.63) is 40.2 Å². The summed E-state index contributed by atoms with van der Waals surface area (Å²) < 4.78 is 25.4. The number of halogens is 2. The molecule has 9 heteroatoms. The smallest absolute Gasteiger partial charge is 0.280 e. The molecule has 1 fully saturated rings. The average Bonchev–Trinajstić information content (AvgIpc) is 2.54. The van der Waals surface area contributed by atoms with Crippen molar-refractivity contribution in [2.45, 2.75) is 13.3 Å². The number of aryl methyl sites for hydroxylation is 1. The van der Waals surface area contributed by atoms with Crippen LogP contribution in [0.25, 0.3) is 0 Å². The first kappa shape index (κ1) is 15.3. The molecule has 1 saturated heterocycles. The first-order valence-corrected chi connectivity index (χ1v) is 7.21. The SMILES string of the molecule is Cc1cc(=O)[nH]c(N2CCN(c3cc(C(F)F)ncn3)CC2)n1. The second kappa shape index (κ2) is 6.27. The third kappa shape index (κ3) is 3.43. The molecule has 0 bridgehead atoms.